The number of carbonyl (C=O) groups excluding carboxylic acids is 2. The average Bonchev–Trinajstić information content (AvgIpc) is 2.92. The molecule has 7 nitrogen and oxygen atoms in total. The van der Waals surface area contributed by atoms with Crippen LogP contribution >= 0.6 is 0 Å². The molecule has 144 valence electrons. The van der Waals surface area contributed by atoms with Gasteiger partial charge < -0.3 is 16.0 Å². The Labute approximate surface area is 152 Å². The van der Waals surface area contributed by atoms with E-state index in [4.69, 9.17) is 0 Å². The summed E-state index contributed by atoms with van der Waals surface area (Å²) in [6, 6.07) is 3.82. The predicted molar refractivity (Wildman–Crippen MR) is 97.0 cm³/mol. The lowest BCUT2D eigenvalue weighted by Gasteiger charge is -2.24. The van der Waals surface area contributed by atoms with Crippen LogP contribution in [0.4, 0.5) is 14.9 Å². The molecule has 1 saturated heterocycles. The fourth-order valence-corrected chi connectivity index (χ4v) is 4.43. The summed E-state index contributed by atoms with van der Waals surface area (Å²) in [5.74, 6) is -1.35. The lowest BCUT2D eigenvalue weighted by atomic mass is 9.98. The summed E-state index contributed by atoms with van der Waals surface area (Å²) in [5.41, 5.74) is 0.0369. The van der Waals surface area contributed by atoms with E-state index in [1.54, 1.807) is 13.0 Å². The van der Waals surface area contributed by atoms with Crippen LogP contribution in [0.25, 0.3) is 0 Å². The summed E-state index contributed by atoms with van der Waals surface area (Å²) in [6.45, 7) is 3.67. The number of halogens is 1. The first-order valence-electron chi connectivity index (χ1n) is 8.54. The van der Waals surface area contributed by atoms with Gasteiger partial charge in [-0.3, -0.25) is 4.79 Å². The highest BCUT2D eigenvalue weighted by Gasteiger charge is 2.31. The molecule has 0 spiro atoms. The van der Waals surface area contributed by atoms with E-state index in [0.29, 0.717) is 12.8 Å². The van der Waals surface area contributed by atoms with E-state index in [-0.39, 0.29) is 23.1 Å². The van der Waals surface area contributed by atoms with Crippen molar-refractivity contribution in [3.63, 3.8) is 0 Å². The molecule has 0 radical (unpaired) electrons. The third-order valence-corrected chi connectivity index (χ3v) is 6.25. The van der Waals surface area contributed by atoms with Crippen LogP contribution in [0.1, 0.15) is 26.7 Å². The second-order valence-corrected chi connectivity index (χ2v) is 8.78. The quantitative estimate of drug-likeness (QED) is 0.693. The molecule has 3 atom stereocenters. The second-order valence-electron chi connectivity index (χ2n) is 6.55. The number of rotatable bonds is 6. The molecule has 26 heavy (non-hydrogen) atoms. The van der Waals surface area contributed by atoms with Gasteiger partial charge in [-0.25, -0.2) is 17.6 Å². The van der Waals surface area contributed by atoms with E-state index in [1.807, 2.05) is 6.92 Å². The van der Waals surface area contributed by atoms with Crippen LogP contribution in [0.15, 0.2) is 24.3 Å². The van der Waals surface area contributed by atoms with E-state index in [9.17, 15) is 22.4 Å². The molecule has 0 saturated carbocycles. The van der Waals surface area contributed by atoms with Crippen molar-refractivity contribution >= 4 is 27.5 Å². The molecule has 1 unspecified atom stereocenters. The van der Waals surface area contributed by atoms with Crippen molar-refractivity contribution in [1.29, 1.82) is 0 Å². The number of anilines is 1. The fourth-order valence-electron chi connectivity index (χ4n) is 2.75. The van der Waals surface area contributed by atoms with Gasteiger partial charge in [0.1, 0.15) is 11.9 Å². The molecule has 2 rings (SSSR count). The van der Waals surface area contributed by atoms with Crippen molar-refractivity contribution in [1.82, 2.24) is 10.6 Å². The van der Waals surface area contributed by atoms with E-state index < -0.39 is 39.7 Å². The Morgan fingerprint density at radius 1 is 1.31 bits per heavy atom. The Kier molecular flexibility index (Phi) is 6.57. The lowest BCUT2D eigenvalue weighted by molar-refractivity contribution is -0.119. The standard InChI is InChI=1S/C17H24FN3O4S/c1-3-11(2)15(16(22)20-14-7-5-4-6-13(14)18)21-17(23)19-12-8-9-26(24,25)10-12/h4-7,11-12,15H,3,8-10H2,1-2H3,(H,20,22)(H2,19,21,23)/t11-,12?,15+/m0/s1. The first-order chi connectivity index (χ1) is 12.2. The number of amides is 3. The Bertz CT molecular complexity index is 769. The lowest BCUT2D eigenvalue weighted by Crippen LogP contribution is -2.53. The van der Waals surface area contributed by atoms with Gasteiger partial charge in [0, 0.05) is 6.04 Å². The molecule has 9 heteroatoms. The van der Waals surface area contributed by atoms with Gasteiger partial charge in [0.05, 0.1) is 17.2 Å². The van der Waals surface area contributed by atoms with Crippen molar-refractivity contribution in [2.45, 2.75) is 38.8 Å². The van der Waals surface area contributed by atoms with Gasteiger partial charge in [0.2, 0.25) is 5.91 Å². The monoisotopic (exact) mass is 385 g/mol. The number of sulfone groups is 1. The van der Waals surface area contributed by atoms with Crippen molar-refractivity contribution < 1.29 is 22.4 Å². The first kappa shape index (κ1) is 20.2. The van der Waals surface area contributed by atoms with E-state index in [0.717, 1.165) is 0 Å². The molecule has 1 aromatic rings. The highest BCUT2D eigenvalue weighted by Crippen LogP contribution is 2.16. The molecule has 3 amide bonds. The van der Waals surface area contributed by atoms with E-state index in [2.05, 4.69) is 16.0 Å². The number of carbonyl (C=O) groups is 2. The van der Waals surface area contributed by atoms with Gasteiger partial charge in [-0.1, -0.05) is 32.4 Å². The molecule has 0 aromatic heterocycles. The molecule has 1 heterocycles. The molecular formula is C17H24FN3O4S. The number of para-hydroxylation sites is 1. The van der Waals surface area contributed by atoms with Crippen LogP contribution < -0.4 is 16.0 Å². The van der Waals surface area contributed by atoms with Crippen molar-refractivity contribution in [2.24, 2.45) is 5.92 Å². The minimum atomic E-state index is -3.12. The first-order valence-corrected chi connectivity index (χ1v) is 10.4. The smallest absolute Gasteiger partial charge is 0.315 e. The number of hydrogen-bond acceptors (Lipinski definition) is 4. The van der Waals surface area contributed by atoms with Crippen LogP contribution in [0.2, 0.25) is 0 Å². The minimum Gasteiger partial charge on any atom is -0.334 e. The highest BCUT2D eigenvalue weighted by atomic mass is 32.2. The highest BCUT2D eigenvalue weighted by molar-refractivity contribution is 7.91. The molecule has 1 aliphatic rings. The van der Waals surface area contributed by atoms with Crippen LogP contribution in [0.3, 0.4) is 0 Å². The van der Waals surface area contributed by atoms with Gasteiger partial charge in [-0.2, -0.15) is 0 Å². The molecular weight excluding hydrogens is 361 g/mol. The maximum atomic E-state index is 13.7. The van der Waals surface area contributed by atoms with Crippen LogP contribution in [0, 0.1) is 11.7 Å². The third kappa shape index (κ3) is 5.42. The molecule has 1 aliphatic heterocycles. The molecule has 3 N–H and O–H groups in total. The zero-order chi connectivity index (χ0) is 19.3. The molecule has 0 bridgehead atoms. The number of urea groups is 1. The third-order valence-electron chi connectivity index (χ3n) is 4.48. The Morgan fingerprint density at radius 3 is 2.58 bits per heavy atom. The van der Waals surface area contributed by atoms with Gasteiger partial charge in [0.25, 0.3) is 0 Å². The normalized spacial score (nSPS) is 20.8. The maximum absolute atomic E-state index is 13.7. The van der Waals surface area contributed by atoms with E-state index >= 15 is 0 Å². The van der Waals surface area contributed by atoms with E-state index in [1.165, 1.54) is 18.2 Å². The molecule has 0 aliphatic carbocycles. The summed E-state index contributed by atoms with van der Waals surface area (Å²) >= 11 is 0. The minimum absolute atomic E-state index is 0.0369. The van der Waals surface area contributed by atoms with Gasteiger partial charge in [-0.05, 0) is 24.5 Å². The summed E-state index contributed by atoms with van der Waals surface area (Å²) in [4.78, 5) is 24.7. The summed E-state index contributed by atoms with van der Waals surface area (Å²) in [5, 5.41) is 7.66. The number of nitrogens with one attached hydrogen (secondary N) is 3. The van der Waals surface area contributed by atoms with Crippen LogP contribution in [-0.4, -0.2) is 43.9 Å². The SMILES string of the molecule is CC[C@H](C)[C@@H](NC(=O)NC1CCS(=O)(=O)C1)C(=O)Nc1ccccc1F. The van der Waals surface area contributed by atoms with Gasteiger partial charge in [-0.15, -0.1) is 0 Å². The average molecular weight is 385 g/mol. The Hall–Kier alpha value is -2.16. The fraction of sp³-hybridized carbons (Fsp3) is 0.529. The van der Waals surface area contributed by atoms with Gasteiger partial charge >= 0.3 is 6.03 Å². The maximum Gasteiger partial charge on any atom is 0.315 e. The zero-order valence-electron chi connectivity index (χ0n) is 14.8. The number of benzene rings is 1. The Balaban J connectivity index is 2.01. The van der Waals surface area contributed by atoms with Crippen molar-refractivity contribution in [3.8, 4) is 0 Å². The Morgan fingerprint density at radius 2 is 2.00 bits per heavy atom. The topological polar surface area (TPSA) is 104 Å². The largest absolute Gasteiger partial charge is 0.334 e. The van der Waals surface area contributed by atoms with Crippen molar-refractivity contribution in [3.05, 3.63) is 30.1 Å². The van der Waals surface area contributed by atoms with Crippen LogP contribution in [-0.2, 0) is 14.6 Å². The van der Waals surface area contributed by atoms with Crippen LogP contribution in [0.5, 0.6) is 0 Å². The molecule has 1 aromatic carbocycles. The summed E-state index contributed by atoms with van der Waals surface area (Å²) < 4.78 is 36.7. The predicted octanol–water partition coefficient (Wildman–Crippen LogP) is 1.67. The number of hydrogen-bond donors (Lipinski definition) is 3. The van der Waals surface area contributed by atoms with Crippen molar-refractivity contribution in [2.75, 3.05) is 16.8 Å². The summed E-state index contributed by atoms with van der Waals surface area (Å²) in [7, 11) is -3.12. The molecule has 1 fully saturated rings. The summed E-state index contributed by atoms with van der Waals surface area (Å²) in [6.07, 6.45) is 0.971. The van der Waals surface area contributed by atoms with Gasteiger partial charge in [0.15, 0.2) is 9.84 Å². The zero-order valence-corrected chi connectivity index (χ0v) is 15.6. The second kappa shape index (κ2) is 8.48.